The lowest BCUT2D eigenvalue weighted by Gasteiger charge is -2.21. The number of rotatable bonds is 3. The van der Waals surface area contributed by atoms with E-state index < -0.39 is 0 Å². The van der Waals surface area contributed by atoms with Crippen LogP contribution in [0, 0.1) is 11.8 Å². The van der Waals surface area contributed by atoms with Crippen LogP contribution in [-0.4, -0.2) is 27.3 Å². The van der Waals surface area contributed by atoms with Gasteiger partial charge in [0.05, 0.1) is 6.10 Å². The molecule has 2 fully saturated rings. The number of hydrogen-bond donors (Lipinski definition) is 0. The summed E-state index contributed by atoms with van der Waals surface area (Å²) in [5, 5.41) is 0. The van der Waals surface area contributed by atoms with E-state index in [0.29, 0.717) is 6.10 Å². The van der Waals surface area contributed by atoms with E-state index in [2.05, 4.69) is 43.3 Å². The zero-order valence-electron chi connectivity index (χ0n) is 11.6. The van der Waals surface area contributed by atoms with Crippen molar-refractivity contribution in [3.8, 4) is 0 Å². The fourth-order valence-electron chi connectivity index (χ4n) is 4.06. The van der Waals surface area contributed by atoms with Gasteiger partial charge in [0.2, 0.25) is 0 Å². The van der Waals surface area contributed by atoms with E-state index in [1.807, 2.05) is 7.11 Å². The van der Waals surface area contributed by atoms with Gasteiger partial charge in [0.15, 0.2) is 0 Å². The van der Waals surface area contributed by atoms with E-state index in [1.54, 1.807) is 0 Å². The molecule has 2 aliphatic carbocycles. The van der Waals surface area contributed by atoms with Crippen LogP contribution in [0.15, 0.2) is 24.3 Å². The third-order valence-electron chi connectivity index (χ3n) is 4.95. The van der Waals surface area contributed by atoms with Gasteiger partial charge in [0.1, 0.15) is 0 Å². The molecule has 0 radical (unpaired) electrons. The normalized spacial score (nSPS) is 33.9. The molecule has 0 saturated heterocycles. The number of hydrogen-bond acceptors (Lipinski definition) is 2. The first-order valence-electron chi connectivity index (χ1n) is 7.01. The van der Waals surface area contributed by atoms with Crippen molar-refractivity contribution in [2.45, 2.75) is 31.3 Å². The van der Waals surface area contributed by atoms with Crippen LogP contribution in [0.5, 0.6) is 0 Å². The second-order valence-corrected chi connectivity index (χ2v) is 6.02. The van der Waals surface area contributed by atoms with Crippen LogP contribution < -0.4 is 4.90 Å². The summed E-state index contributed by atoms with van der Waals surface area (Å²) in [5.41, 5.74) is 2.81. The number of ether oxygens (including phenoxy) is 1. The minimum atomic E-state index is 0.502. The smallest absolute Gasteiger partial charge is 0.0608 e. The van der Waals surface area contributed by atoms with E-state index in [1.165, 1.54) is 30.5 Å². The van der Waals surface area contributed by atoms with Gasteiger partial charge in [-0.2, -0.15) is 0 Å². The highest BCUT2D eigenvalue weighted by atomic mass is 16.5. The minimum absolute atomic E-state index is 0.502. The molecule has 0 aromatic heterocycles. The number of nitrogens with zero attached hydrogens (tertiary/aromatic N) is 1. The van der Waals surface area contributed by atoms with E-state index in [0.717, 1.165) is 17.8 Å². The molecule has 4 atom stereocenters. The fraction of sp³-hybridized carbons (Fsp3) is 0.625. The van der Waals surface area contributed by atoms with Gasteiger partial charge in [-0.05, 0) is 54.7 Å². The Labute approximate surface area is 110 Å². The monoisotopic (exact) mass is 245 g/mol. The van der Waals surface area contributed by atoms with E-state index >= 15 is 0 Å². The second kappa shape index (κ2) is 4.58. The topological polar surface area (TPSA) is 12.5 Å². The van der Waals surface area contributed by atoms with Crippen LogP contribution in [0.1, 0.15) is 30.7 Å². The molecule has 0 amide bonds. The summed E-state index contributed by atoms with van der Waals surface area (Å²) in [6, 6.07) is 9.14. The Bertz CT molecular complexity index is 412. The molecular weight excluding hydrogens is 222 g/mol. The molecule has 1 aromatic carbocycles. The van der Waals surface area contributed by atoms with Gasteiger partial charge < -0.3 is 9.64 Å². The van der Waals surface area contributed by atoms with Gasteiger partial charge in [-0.15, -0.1) is 0 Å². The summed E-state index contributed by atoms with van der Waals surface area (Å²) in [6.45, 7) is 0. The minimum Gasteiger partial charge on any atom is -0.381 e. The Morgan fingerprint density at radius 2 is 1.83 bits per heavy atom. The molecular formula is C16H23NO. The van der Waals surface area contributed by atoms with Crippen molar-refractivity contribution < 1.29 is 4.74 Å². The molecule has 2 bridgehead atoms. The van der Waals surface area contributed by atoms with Gasteiger partial charge in [0.25, 0.3) is 0 Å². The van der Waals surface area contributed by atoms with Gasteiger partial charge >= 0.3 is 0 Å². The van der Waals surface area contributed by atoms with Crippen molar-refractivity contribution >= 4 is 5.69 Å². The molecule has 2 nitrogen and oxygen atoms in total. The molecule has 0 N–H and O–H groups in total. The average molecular weight is 245 g/mol. The van der Waals surface area contributed by atoms with Gasteiger partial charge in [0, 0.05) is 26.9 Å². The highest BCUT2D eigenvalue weighted by Gasteiger charge is 2.48. The molecule has 2 unspecified atom stereocenters. The summed E-state index contributed by atoms with van der Waals surface area (Å²) in [7, 11) is 6.06. The van der Waals surface area contributed by atoms with Crippen LogP contribution in [0.4, 0.5) is 5.69 Å². The summed E-state index contributed by atoms with van der Waals surface area (Å²) in [6.07, 6.45) is 4.51. The van der Waals surface area contributed by atoms with Crippen LogP contribution in [0.25, 0.3) is 0 Å². The first-order valence-corrected chi connectivity index (χ1v) is 7.01. The molecule has 98 valence electrons. The van der Waals surface area contributed by atoms with E-state index in [9.17, 15) is 0 Å². The largest absolute Gasteiger partial charge is 0.381 e. The number of fused-ring (bicyclic) bond motifs is 2. The van der Waals surface area contributed by atoms with Crippen molar-refractivity contribution in [3.63, 3.8) is 0 Å². The molecule has 0 heterocycles. The first kappa shape index (κ1) is 12.0. The Balaban J connectivity index is 1.83. The van der Waals surface area contributed by atoms with Crippen molar-refractivity contribution in [2.75, 3.05) is 26.1 Å². The third-order valence-corrected chi connectivity index (χ3v) is 4.95. The number of anilines is 1. The second-order valence-electron chi connectivity index (χ2n) is 6.02. The van der Waals surface area contributed by atoms with Crippen LogP contribution >= 0.6 is 0 Å². The van der Waals surface area contributed by atoms with Gasteiger partial charge in [-0.3, -0.25) is 0 Å². The summed E-state index contributed by atoms with van der Waals surface area (Å²) in [4.78, 5) is 2.16. The molecule has 0 aliphatic heterocycles. The van der Waals surface area contributed by atoms with Crippen molar-refractivity contribution in [1.82, 2.24) is 0 Å². The van der Waals surface area contributed by atoms with Crippen LogP contribution in [-0.2, 0) is 4.74 Å². The van der Waals surface area contributed by atoms with Gasteiger partial charge in [-0.25, -0.2) is 0 Å². The fourth-order valence-corrected chi connectivity index (χ4v) is 4.06. The quantitative estimate of drug-likeness (QED) is 0.810. The van der Waals surface area contributed by atoms with Crippen molar-refractivity contribution in [2.24, 2.45) is 11.8 Å². The lowest BCUT2D eigenvalue weighted by Crippen LogP contribution is -2.19. The highest BCUT2D eigenvalue weighted by molar-refractivity contribution is 5.47. The number of benzene rings is 1. The van der Waals surface area contributed by atoms with Gasteiger partial charge in [-0.1, -0.05) is 12.1 Å². The molecule has 2 aliphatic rings. The zero-order chi connectivity index (χ0) is 12.7. The summed E-state index contributed by atoms with van der Waals surface area (Å²) in [5.74, 6) is 2.35. The third kappa shape index (κ3) is 1.83. The summed E-state index contributed by atoms with van der Waals surface area (Å²) < 4.78 is 5.65. The first-order chi connectivity index (χ1) is 8.70. The maximum atomic E-state index is 5.65. The van der Waals surface area contributed by atoms with E-state index in [4.69, 9.17) is 4.74 Å². The van der Waals surface area contributed by atoms with Crippen LogP contribution in [0.3, 0.4) is 0 Å². The van der Waals surface area contributed by atoms with E-state index in [-0.39, 0.29) is 0 Å². The Kier molecular flexibility index (Phi) is 3.06. The maximum Gasteiger partial charge on any atom is 0.0608 e. The lowest BCUT2D eigenvalue weighted by molar-refractivity contribution is 0.0555. The molecule has 2 saturated carbocycles. The lowest BCUT2D eigenvalue weighted by atomic mass is 9.89. The Morgan fingerprint density at radius 1 is 1.11 bits per heavy atom. The predicted molar refractivity (Wildman–Crippen MR) is 75.1 cm³/mol. The predicted octanol–water partition coefficient (Wildman–Crippen LogP) is 3.28. The molecule has 2 heteroatoms. The zero-order valence-corrected chi connectivity index (χ0v) is 11.6. The molecule has 0 spiro atoms. The number of methoxy groups -OCH3 is 1. The van der Waals surface area contributed by atoms with Crippen molar-refractivity contribution in [3.05, 3.63) is 29.8 Å². The standard InChI is InChI=1S/C16H23NO/c1-17(2)13-7-4-11(5-8-13)16-12-6-9-14(16)15(10-12)18-3/h4-5,7-8,12,14-16H,6,9-10H2,1-3H3/t12?,14?,15-,16-/m1/s1. The Morgan fingerprint density at radius 3 is 2.39 bits per heavy atom. The maximum absolute atomic E-state index is 5.65. The molecule has 1 aromatic rings. The molecule has 3 rings (SSSR count). The van der Waals surface area contributed by atoms with Crippen molar-refractivity contribution in [1.29, 1.82) is 0 Å². The highest BCUT2D eigenvalue weighted by Crippen LogP contribution is 2.55. The SMILES string of the molecule is CO[C@@H]1CC2CCC1[C@@H]2c1ccc(N(C)C)cc1. The average Bonchev–Trinajstić information content (AvgIpc) is 2.95. The Hall–Kier alpha value is -1.02. The summed E-state index contributed by atoms with van der Waals surface area (Å²) >= 11 is 0. The van der Waals surface area contributed by atoms with Crippen LogP contribution in [0.2, 0.25) is 0 Å². The molecule has 18 heavy (non-hydrogen) atoms.